The highest BCUT2D eigenvalue weighted by Crippen LogP contribution is 2.29. The molecule has 1 aliphatic heterocycles. The maximum absolute atomic E-state index is 6.18. The first kappa shape index (κ1) is 13.9. The molecule has 1 N–H and O–H groups in total. The molecule has 0 radical (unpaired) electrons. The summed E-state index contributed by atoms with van der Waals surface area (Å²) >= 11 is 6.18. The van der Waals surface area contributed by atoms with Gasteiger partial charge in [0.05, 0.1) is 0 Å². The molecule has 4 heteroatoms. The normalized spacial score (nSPS) is 16.9. The molecule has 1 fully saturated rings. The van der Waals surface area contributed by atoms with E-state index in [2.05, 4.69) is 16.3 Å². The number of fused-ring (bicyclic) bond motifs is 1. The number of rotatable bonds is 5. The fourth-order valence-electron chi connectivity index (χ4n) is 2.87. The van der Waals surface area contributed by atoms with Crippen LogP contribution >= 0.6 is 11.6 Å². The molecule has 0 amide bonds. The van der Waals surface area contributed by atoms with Gasteiger partial charge in [0, 0.05) is 30.6 Å². The lowest BCUT2D eigenvalue weighted by Crippen LogP contribution is -2.35. The molecular formula is C16H21ClN2O. The second-order valence-corrected chi connectivity index (χ2v) is 5.77. The van der Waals surface area contributed by atoms with E-state index < -0.39 is 0 Å². The van der Waals surface area contributed by atoms with E-state index in [1.54, 1.807) is 0 Å². The van der Waals surface area contributed by atoms with E-state index >= 15 is 0 Å². The SMILES string of the molecule is Clc1oc2ccccc2c1CNCCN1CCCCC1. The molecule has 0 bridgehead atoms. The largest absolute Gasteiger partial charge is 0.444 e. The number of benzene rings is 1. The minimum atomic E-state index is 0.511. The van der Waals surface area contributed by atoms with Crippen LogP contribution in [0.15, 0.2) is 28.7 Å². The van der Waals surface area contributed by atoms with Gasteiger partial charge < -0.3 is 14.6 Å². The molecule has 1 aliphatic rings. The summed E-state index contributed by atoms with van der Waals surface area (Å²) in [6.45, 7) is 5.38. The molecule has 0 atom stereocenters. The third-order valence-electron chi connectivity index (χ3n) is 4.00. The van der Waals surface area contributed by atoms with Gasteiger partial charge in [-0.15, -0.1) is 0 Å². The van der Waals surface area contributed by atoms with E-state index in [-0.39, 0.29) is 0 Å². The Hall–Kier alpha value is -1.03. The summed E-state index contributed by atoms with van der Waals surface area (Å²) < 4.78 is 5.56. The number of halogens is 1. The van der Waals surface area contributed by atoms with Crippen LogP contribution in [0.2, 0.25) is 5.22 Å². The monoisotopic (exact) mass is 292 g/mol. The number of likely N-dealkylation sites (tertiary alicyclic amines) is 1. The fourth-order valence-corrected chi connectivity index (χ4v) is 3.12. The summed E-state index contributed by atoms with van der Waals surface area (Å²) in [5, 5.41) is 5.11. The van der Waals surface area contributed by atoms with Gasteiger partial charge in [-0.3, -0.25) is 0 Å². The third kappa shape index (κ3) is 3.17. The number of piperidine rings is 1. The molecule has 1 saturated heterocycles. The van der Waals surface area contributed by atoms with E-state index in [1.165, 1.54) is 32.4 Å². The van der Waals surface area contributed by atoms with Crippen molar-refractivity contribution in [1.82, 2.24) is 10.2 Å². The summed E-state index contributed by atoms with van der Waals surface area (Å²) in [5.41, 5.74) is 1.94. The van der Waals surface area contributed by atoms with E-state index in [9.17, 15) is 0 Å². The van der Waals surface area contributed by atoms with E-state index in [0.717, 1.165) is 36.2 Å². The Kier molecular flexibility index (Phi) is 4.61. The van der Waals surface area contributed by atoms with Crippen LogP contribution in [0.4, 0.5) is 0 Å². The maximum Gasteiger partial charge on any atom is 0.199 e. The smallest absolute Gasteiger partial charge is 0.199 e. The number of nitrogens with one attached hydrogen (secondary N) is 1. The molecule has 3 nitrogen and oxygen atoms in total. The average Bonchev–Trinajstić information content (AvgIpc) is 2.80. The second kappa shape index (κ2) is 6.61. The first-order valence-electron chi connectivity index (χ1n) is 7.43. The highest BCUT2D eigenvalue weighted by molar-refractivity contribution is 6.30. The van der Waals surface area contributed by atoms with Crippen molar-refractivity contribution < 1.29 is 4.42 Å². The molecule has 0 spiro atoms. The van der Waals surface area contributed by atoms with Crippen LogP contribution in [0.5, 0.6) is 0 Å². The van der Waals surface area contributed by atoms with Crippen molar-refractivity contribution in [3.8, 4) is 0 Å². The number of hydrogen-bond donors (Lipinski definition) is 1. The Morgan fingerprint density at radius 3 is 2.80 bits per heavy atom. The van der Waals surface area contributed by atoms with Crippen molar-refractivity contribution in [2.24, 2.45) is 0 Å². The summed E-state index contributed by atoms with van der Waals surface area (Å²) in [5.74, 6) is 0. The minimum Gasteiger partial charge on any atom is -0.444 e. The van der Waals surface area contributed by atoms with Gasteiger partial charge in [-0.2, -0.15) is 0 Å². The van der Waals surface area contributed by atoms with E-state index in [0.29, 0.717) is 5.22 Å². The summed E-state index contributed by atoms with van der Waals surface area (Å²) in [4.78, 5) is 2.53. The zero-order valence-corrected chi connectivity index (χ0v) is 12.5. The molecule has 108 valence electrons. The van der Waals surface area contributed by atoms with Gasteiger partial charge in [0.2, 0.25) is 0 Å². The van der Waals surface area contributed by atoms with Gasteiger partial charge in [-0.25, -0.2) is 0 Å². The van der Waals surface area contributed by atoms with E-state index in [4.69, 9.17) is 16.0 Å². The molecule has 2 heterocycles. The highest BCUT2D eigenvalue weighted by atomic mass is 35.5. The lowest BCUT2D eigenvalue weighted by atomic mass is 10.1. The van der Waals surface area contributed by atoms with Crippen LogP contribution in [-0.2, 0) is 6.54 Å². The Morgan fingerprint density at radius 2 is 1.95 bits per heavy atom. The van der Waals surface area contributed by atoms with Crippen molar-refractivity contribution in [1.29, 1.82) is 0 Å². The lowest BCUT2D eigenvalue weighted by Gasteiger charge is -2.26. The van der Waals surface area contributed by atoms with Crippen molar-refractivity contribution in [2.75, 3.05) is 26.2 Å². The predicted octanol–water partition coefficient (Wildman–Crippen LogP) is 3.66. The first-order chi connectivity index (χ1) is 9.84. The molecule has 2 aromatic rings. The summed E-state index contributed by atoms with van der Waals surface area (Å²) in [6, 6.07) is 8.01. The zero-order valence-electron chi connectivity index (χ0n) is 11.7. The molecule has 0 aliphatic carbocycles. The van der Waals surface area contributed by atoms with Crippen molar-refractivity contribution in [2.45, 2.75) is 25.8 Å². The predicted molar refractivity (Wildman–Crippen MR) is 83.2 cm³/mol. The van der Waals surface area contributed by atoms with Crippen LogP contribution in [0.3, 0.4) is 0 Å². The molecule has 1 aromatic heterocycles. The van der Waals surface area contributed by atoms with Crippen LogP contribution < -0.4 is 5.32 Å². The Bertz CT molecular complexity index is 561. The number of furan rings is 1. The topological polar surface area (TPSA) is 28.4 Å². The van der Waals surface area contributed by atoms with Gasteiger partial charge in [0.15, 0.2) is 5.22 Å². The van der Waals surface area contributed by atoms with Crippen molar-refractivity contribution in [3.05, 3.63) is 35.0 Å². The summed E-state index contributed by atoms with van der Waals surface area (Å²) in [7, 11) is 0. The average molecular weight is 293 g/mol. The van der Waals surface area contributed by atoms with Crippen molar-refractivity contribution in [3.63, 3.8) is 0 Å². The molecule has 0 unspecified atom stereocenters. The highest BCUT2D eigenvalue weighted by Gasteiger charge is 2.12. The van der Waals surface area contributed by atoms with Gasteiger partial charge in [-0.05, 0) is 43.6 Å². The van der Waals surface area contributed by atoms with Crippen LogP contribution in [0.1, 0.15) is 24.8 Å². The number of nitrogens with zero attached hydrogens (tertiary/aromatic N) is 1. The van der Waals surface area contributed by atoms with Gasteiger partial charge >= 0.3 is 0 Å². The van der Waals surface area contributed by atoms with Crippen LogP contribution in [0, 0.1) is 0 Å². The summed E-state index contributed by atoms with van der Waals surface area (Å²) in [6.07, 6.45) is 4.08. The molecular weight excluding hydrogens is 272 g/mol. The van der Waals surface area contributed by atoms with Crippen LogP contribution in [0.25, 0.3) is 11.0 Å². The second-order valence-electron chi connectivity index (χ2n) is 5.43. The molecule has 3 rings (SSSR count). The van der Waals surface area contributed by atoms with E-state index in [1.807, 2.05) is 18.2 Å². The number of hydrogen-bond acceptors (Lipinski definition) is 3. The van der Waals surface area contributed by atoms with Crippen LogP contribution in [-0.4, -0.2) is 31.1 Å². The maximum atomic E-state index is 6.18. The lowest BCUT2D eigenvalue weighted by molar-refractivity contribution is 0.229. The quantitative estimate of drug-likeness (QED) is 0.853. The fraction of sp³-hybridized carbons (Fsp3) is 0.500. The third-order valence-corrected chi connectivity index (χ3v) is 4.31. The van der Waals surface area contributed by atoms with Gasteiger partial charge in [0.25, 0.3) is 0 Å². The Labute approximate surface area is 124 Å². The molecule has 1 aromatic carbocycles. The first-order valence-corrected chi connectivity index (χ1v) is 7.81. The molecule has 20 heavy (non-hydrogen) atoms. The number of para-hydroxylation sites is 1. The minimum absolute atomic E-state index is 0.511. The Balaban J connectivity index is 1.53. The standard InChI is InChI=1S/C16H21ClN2O/c17-16-14(13-6-2-3-7-15(13)20-16)12-18-8-11-19-9-4-1-5-10-19/h2-3,6-7,18H,1,4-5,8-12H2. The van der Waals surface area contributed by atoms with Gasteiger partial charge in [0.1, 0.15) is 5.58 Å². The van der Waals surface area contributed by atoms with Crippen molar-refractivity contribution >= 4 is 22.6 Å². The molecule has 0 saturated carbocycles. The zero-order chi connectivity index (χ0) is 13.8. The Morgan fingerprint density at radius 1 is 1.15 bits per heavy atom. The van der Waals surface area contributed by atoms with Gasteiger partial charge in [-0.1, -0.05) is 24.6 Å².